The van der Waals surface area contributed by atoms with Crippen molar-refractivity contribution in [2.75, 3.05) is 20.0 Å². The van der Waals surface area contributed by atoms with Crippen LogP contribution in [0.15, 0.2) is 57.2 Å². The molecule has 0 aliphatic carbocycles. The third-order valence-corrected chi connectivity index (χ3v) is 5.74. The van der Waals surface area contributed by atoms with E-state index >= 15 is 0 Å². The van der Waals surface area contributed by atoms with E-state index in [0.29, 0.717) is 22.2 Å². The van der Waals surface area contributed by atoms with Crippen molar-refractivity contribution in [2.24, 2.45) is 12.1 Å². The highest BCUT2D eigenvalue weighted by molar-refractivity contribution is 9.10. The summed E-state index contributed by atoms with van der Waals surface area (Å²) >= 11 is 4.71. The fourth-order valence-corrected chi connectivity index (χ4v) is 3.83. The third kappa shape index (κ3) is 5.19. The van der Waals surface area contributed by atoms with Crippen molar-refractivity contribution in [1.29, 1.82) is 0 Å². The summed E-state index contributed by atoms with van der Waals surface area (Å²) in [4.78, 5) is 12.2. The molecule has 10 heteroatoms. The average molecular weight is 490 g/mol. The first-order valence-corrected chi connectivity index (χ1v) is 10.6. The number of methoxy groups -OCH3 is 2. The molecule has 2 aromatic carbocycles. The van der Waals surface area contributed by atoms with Crippen LogP contribution in [0.5, 0.6) is 11.5 Å². The Hall–Kier alpha value is -2.85. The number of rotatable bonds is 8. The lowest BCUT2D eigenvalue weighted by atomic mass is 10.2. The first-order chi connectivity index (χ1) is 14.5. The Kier molecular flexibility index (Phi) is 7.47. The largest absolute Gasteiger partial charge is 0.496 e. The number of nitrogens with zero attached hydrogens (tertiary/aromatic N) is 4. The van der Waals surface area contributed by atoms with E-state index < -0.39 is 0 Å². The number of nitrogens with one attached hydrogen (secondary N) is 1. The topological polar surface area (TPSA) is 90.6 Å². The van der Waals surface area contributed by atoms with Crippen LogP contribution < -0.4 is 14.9 Å². The number of hydrogen-bond acceptors (Lipinski definition) is 7. The fourth-order valence-electron chi connectivity index (χ4n) is 2.60. The minimum Gasteiger partial charge on any atom is -0.496 e. The predicted octanol–water partition coefficient (Wildman–Crippen LogP) is 3.50. The summed E-state index contributed by atoms with van der Waals surface area (Å²) in [5.74, 6) is 1.86. The summed E-state index contributed by atoms with van der Waals surface area (Å²) in [5, 5.41) is 13.0. The van der Waals surface area contributed by atoms with Crippen molar-refractivity contribution in [2.45, 2.75) is 5.16 Å². The number of carbonyl (C=O) groups excluding carboxylic acids is 1. The molecule has 0 spiro atoms. The number of carbonyl (C=O) groups is 1. The number of aromatic nitrogens is 3. The number of halogens is 1. The highest BCUT2D eigenvalue weighted by Gasteiger charge is 2.13. The Bertz CT molecular complexity index is 1060. The number of ether oxygens (including phenoxy) is 2. The van der Waals surface area contributed by atoms with Crippen LogP contribution in [0, 0.1) is 0 Å². The Morgan fingerprint density at radius 2 is 1.93 bits per heavy atom. The molecule has 1 aromatic heterocycles. The number of thioether (sulfide) groups is 1. The summed E-state index contributed by atoms with van der Waals surface area (Å²) in [6.07, 6.45) is 1.52. The molecule has 156 valence electrons. The van der Waals surface area contributed by atoms with Gasteiger partial charge in [0.2, 0.25) is 0 Å². The van der Waals surface area contributed by atoms with Gasteiger partial charge in [0.15, 0.2) is 11.0 Å². The SMILES string of the molecule is COc1cc(OC)c(/C=N/NC(=O)CSc2nnc(-c3ccccc3)n2C)cc1Br. The van der Waals surface area contributed by atoms with Crippen LogP contribution in [0.3, 0.4) is 0 Å². The van der Waals surface area contributed by atoms with Crippen LogP contribution >= 0.6 is 27.7 Å². The second-order valence-corrected chi connectivity index (χ2v) is 7.84. The van der Waals surface area contributed by atoms with E-state index in [4.69, 9.17) is 9.47 Å². The molecule has 3 aromatic rings. The summed E-state index contributed by atoms with van der Waals surface area (Å²) in [6, 6.07) is 13.3. The van der Waals surface area contributed by atoms with Crippen LogP contribution in [0.4, 0.5) is 0 Å². The molecule has 0 radical (unpaired) electrons. The van der Waals surface area contributed by atoms with E-state index in [2.05, 4.69) is 36.7 Å². The van der Waals surface area contributed by atoms with Gasteiger partial charge in [-0.05, 0) is 22.0 Å². The molecule has 1 amide bonds. The summed E-state index contributed by atoms with van der Waals surface area (Å²) in [5.41, 5.74) is 4.17. The maximum absolute atomic E-state index is 12.2. The van der Waals surface area contributed by atoms with Gasteiger partial charge in [-0.1, -0.05) is 42.1 Å². The Balaban J connectivity index is 1.58. The molecule has 1 heterocycles. The highest BCUT2D eigenvalue weighted by Crippen LogP contribution is 2.32. The van der Waals surface area contributed by atoms with Crippen LogP contribution in [0.25, 0.3) is 11.4 Å². The van der Waals surface area contributed by atoms with Crippen LogP contribution in [0.1, 0.15) is 5.56 Å². The summed E-state index contributed by atoms with van der Waals surface area (Å²) in [6.45, 7) is 0. The first-order valence-electron chi connectivity index (χ1n) is 8.84. The minimum atomic E-state index is -0.257. The van der Waals surface area contributed by atoms with Gasteiger partial charge in [-0.15, -0.1) is 10.2 Å². The standard InChI is InChI=1S/C20H20BrN5O3S/c1-26-19(13-7-5-4-6-8-13)24-25-20(26)30-12-18(27)23-22-11-14-9-15(21)17(29-3)10-16(14)28-2/h4-11H,12H2,1-3H3,(H,23,27)/b22-11+. The second-order valence-electron chi connectivity index (χ2n) is 6.04. The maximum atomic E-state index is 12.2. The summed E-state index contributed by atoms with van der Waals surface area (Å²) in [7, 11) is 5.00. The zero-order valence-corrected chi connectivity index (χ0v) is 19.0. The minimum absolute atomic E-state index is 0.154. The zero-order chi connectivity index (χ0) is 21.5. The summed E-state index contributed by atoms with van der Waals surface area (Å²) < 4.78 is 13.2. The Labute approximate surface area is 186 Å². The van der Waals surface area contributed by atoms with Crippen LogP contribution in [-0.4, -0.2) is 46.9 Å². The van der Waals surface area contributed by atoms with Crippen molar-refractivity contribution >= 4 is 39.8 Å². The van der Waals surface area contributed by atoms with Crippen molar-refractivity contribution in [3.05, 3.63) is 52.5 Å². The predicted molar refractivity (Wildman–Crippen MR) is 120 cm³/mol. The molecule has 1 N–H and O–H groups in total. The van der Waals surface area contributed by atoms with Crippen molar-refractivity contribution in [1.82, 2.24) is 20.2 Å². The molecule has 0 saturated heterocycles. The maximum Gasteiger partial charge on any atom is 0.250 e. The van der Waals surface area contributed by atoms with Crippen molar-refractivity contribution < 1.29 is 14.3 Å². The molecule has 30 heavy (non-hydrogen) atoms. The lowest BCUT2D eigenvalue weighted by Crippen LogP contribution is -2.20. The van der Waals surface area contributed by atoms with Gasteiger partial charge < -0.3 is 14.0 Å². The van der Waals surface area contributed by atoms with Crippen LogP contribution in [0.2, 0.25) is 0 Å². The monoisotopic (exact) mass is 489 g/mol. The zero-order valence-electron chi connectivity index (χ0n) is 16.6. The van der Waals surface area contributed by atoms with E-state index in [1.165, 1.54) is 18.0 Å². The molecule has 8 nitrogen and oxygen atoms in total. The van der Waals surface area contributed by atoms with Gasteiger partial charge in [0.25, 0.3) is 5.91 Å². The molecule has 0 saturated carbocycles. The lowest BCUT2D eigenvalue weighted by molar-refractivity contribution is -0.118. The molecule has 0 aliphatic heterocycles. The van der Waals surface area contributed by atoms with Gasteiger partial charge in [-0.25, -0.2) is 5.43 Å². The molecular formula is C20H20BrN5O3S. The van der Waals surface area contributed by atoms with E-state index in [-0.39, 0.29) is 11.7 Å². The van der Waals surface area contributed by atoms with E-state index in [1.807, 2.05) is 41.9 Å². The average Bonchev–Trinajstić information content (AvgIpc) is 3.13. The highest BCUT2D eigenvalue weighted by atomic mass is 79.9. The number of benzene rings is 2. The number of hydrazone groups is 1. The molecule has 0 aliphatic rings. The van der Waals surface area contributed by atoms with Gasteiger partial charge in [0.1, 0.15) is 11.5 Å². The van der Waals surface area contributed by atoms with Gasteiger partial charge >= 0.3 is 0 Å². The first kappa shape index (κ1) is 21.8. The smallest absolute Gasteiger partial charge is 0.250 e. The van der Waals surface area contributed by atoms with Crippen molar-refractivity contribution in [3.8, 4) is 22.9 Å². The Morgan fingerprint density at radius 3 is 2.63 bits per heavy atom. The van der Waals surface area contributed by atoms with E-state index in [0.717, 1.165) is 15.9 Å². The lowest BCUT2D eigenvalue weighted by Gasteiger charge is -2.09. The van der Waals surface area contributed by atoms with E-state index in [1.54, 1.807) is 26.4 Å². The van der Waals surface area contributed by atoms with Gasteiger partial charge in [-0.2, -0.15) is 5.10 Å². The molecule has 0 atom stereocenters. The number of amides is 1. The fraction of sp³-hybridized carbons (Fsp3) is 0.200. The second kappa shape index (κ2) is 10.3. The molecule has 0 unspecified atom stereocenters. The van der Waals surface area contributed by atoms with Gasteiger partial charge in [0, 0.05) is 24.2 Å². The molecule has 0 fully saturated rings. The normalized spacial score (nSPS) is 10.9. The quantitative estimate of drug-likeness (QED) is 0.295. The van der Waals surface area contributed by atoms with Crippen molar-refractivity contribution in [3.63, 3.8) is 0 Å². The van der Waals surface area contributed by atoms with Gasteiger partial charge in [-0.3, -0.25) is 4.79 Å². The Morgan fingerprint density at radius 1 is 1.20 bits per heavy atom. The van der Waals surface area contributed by atoms with Crippen LogP contribution in [-0.2, 0) is 11.8 Å². The van der Waals surface area contributed by atoms with Gasteiger partial charge in [0.05, 0.1) is 30.7 Å². The molecular weight excluding hydrogens is 470 g/mol. The number of hydrogen-bond donors (Lipinski definition) is 1. The third-order valence-electron chi connectivity index (χ3n) is 4.10. The molecule has 3 rings (SSSR count). The van der Waals surface area contributed by atoms with E-state index in [9.17, 15) is 4.79 Å². The molecule has 0 bridgehead atoms.